The molecule has 0 saturated heterocycles. The van der Waals surface area contributed by atoms with Crippen LogP contribution in [-0.2, 0) is 11.3 Å². The molecule has 1 saturated carbocycles. The summed E-state index contributed by atoms with van der Waals surface area (Å²) in [6.45, 7) is 0.952. The number of nitro groups is 1. The lowest BCUT2D eigenvalue weighted by molar-refractivity contribution is -0.384. The summed E-state index contributed by atoms with van der Waals surface area (Å²) in [5.41, 5.74) is 7.16. The van der Waals surface area contributed by atoms with Crippen LogP contribution in [0.3, 0.4) is 0 Å². The van der Waals surface area contributed by atoms with E-state index in [-0.39, 0.29) is 11.2 Å². The van der Waals surface area contributed by atoms with Crippen molar-refractivity contribution >= 4 is 21.6 Å². The molecule has 1 aliphatic carbocycles. The number of rotatable bonds is 5. The molecule has 0 aromatic heterocycles. The lowest BCUT2D eigenvalue weighted by Gasteiger charge is -2.27. The standard InChI is InChI=1S/C15H21BrN2O3/c16-14-9-13(18(19)20)6-5-12(14)10-21-11-15(17)7-3-1-2-4-8-15/h5-6,9H,1-4,7-8,10-11,17H2. The normalized spacial score (nSPS) is 18.2. The number of nitrogens with zero attached hydrogens (tertiary/aromatic N) is 1. The summed E-state index contributed by atoms with van der Waals surface area (Å²) in [5, 5.41) is 10.7. The van der Waals surface area contributed by atoms with Crippen LogP contribution < -0.4 is 5.73 Å². The Morgan fingerprint density at radius 1 is 1.29 bits per heavy atom. The zero-order chi connectivity index (χ0) is 15.3. The van der Waals surface area contributed by atoms with Gasteiger partial charge in [-0.3, -0.25) is 10.1 Å². The number of ether oxygens (including phenoxy) is 1. The average molecular weight is 357 g/mol. The van der Waals surface area contributed by atoms with Crippen molar-refractivity contribution in [1.82, 2.24) is 0 Å². The molecule has 6 heteroatoms. The van der Waals surface area contributed by atoms with E-state index >= 15 is 0 Å². The van der Waals surface area contributed by atoms with E-state index in [0.29, 0.717) is 17.7 Å². The Bertz CT molecular complexity index is 500. The van der Waals surface area contributed by atoms with Gasteiger partial charge in [0.2, 0.25) is 0 Å². The van der Waals surface area contributed by atoms with Gasteiger partial charge in [-0.2, -0.15) is 0 Å². The van der Waals surface area contributed by atoms with E-state index in [9.17, 15) is 10.1 Å². The van der Waals surface area contributed by atoms with E-state index in [0.717, 1.165) is 18.4 Å². The number of halogens is 1. The van der Waals surface area contributed by atoms with Crippen molar-refractivity contribution in [2.24, 2.45) is 5.73 Å². The van der Waals surface area contributed by atoms with Gasteiger partial charge in [0.05, 0.1) is 18.1 Å². The summed E-state index contributed by atoms with van der Waals surface area (Å²) < 4.78 is 6.47. The zero-order valence-electron chi connectivity index (χ0n) is 12.0. The lowest BCUT2D eigenvalue weighted by atomic mass is 9.92. The summed E-state index contributed by atoms with van der Waals surface area (Å²) in [4.78, 5) is 10.3. The minimum atomic E-state index is -0.407. The second-order valence-electron chi connectivity index (χ2n) is 5.80. The third-order valence-electron chi connectivity index (χ3n) is 3.99. The van der Waals surface area contributed by atoms with Gasteiger partial charge >= 0.3 is 0 Å². The minimum Gasteiger partial charge on any atom is -0.375 e. The molecule has 21 heavy (non-hydrogen) atoms. The van der Waals surface area contributed by atoms with Crippen molar-refractivity contribution in [2.45, 2.75) is 50.7 Å². The van der Waals surface area contributed by atoms with Gasteiger partial charge in [-0.05, 0) is 24.5 Å². The lowest BCUT2D eigenvalue weighted by Crippen LogP contribution is -2.43. The molecule has 0 bridgehead atoms. The predicted octanol–water partition coefficient (Wildman–Crippen LogP) is 3.93. The first kappa shape index (κ1) is 16.4. The molecule has 0 heterocycles. The van der Waals surface area contributed by atoms with E-state index in [1.807, 2.05) is 0 Å². The predicted molar refractivity (Wildman–Crippen MR) is 85.1 cm³/mol. The van der Waals surface area contributed by atoms with Gasteiger partial charge in [-0.1, -0.05) is 41.6 Å². The average Bonchev–Trinajstić information content (AvgIpc) is 2.65. The molecule has 0 atom stereocenters. The van der Waals surface area contributed by atoms with Crippen LogP contribution in [0.5, 0.6) is 0 Å². The zero-order valence-corrected chi connectivity index (χ0v) is 13.6. The maximum Gasteiger partial charge on any atom is 0.270 e. The van der Waals surface area contributed by atoms with Crippen LogP contribution in [0.2, 0.25) is 0 Å². The van der Waals surface area contributed by atoms with Crippen molar-refractivity contribution in [1.29, 1.82) is 0 Å². The van der Waals surface area contributed by atoms with E-state index in [1.54, 1.807) is 6.07 Å². The highest BCUT2D eigenvalue weighted by atomic mass is 79.9. The first-order valence-electron chi connectivity index (χ1n) is 7.30. The van der Waals surface area contributed by atoms with E-state index in [1.165, 1.54) is 37.8 Å². The molecule has 1 aliphatic rings. The second-order valence-corrected chi connectivity index (χ2v) is 6.66. The van der Waals surface area contributed by atoms with Gasteiger partial charge in [-0.15, -0.1) is 0 Å². The van der Waals surface area contributed by atoms with Crippen LogP contribution in [0.4, 0.5) is 5.69 Å². The third-order valence-corrected chi connectivity index (χ3v) is 4.73. The van der Waals surface area contributed by atoms with Gasteiger partial charge in [0, 0.05) is 22.1 Å². The Balaban J connectivity index is 1.89. The largest absolute Gasteiger partial charge is 0.375 e. The molecular formula is C15H21BrN2O3. The van der Waals surface area contributed by atoms with Gasteiger partial charge in [0.25, 0.3) is 5.69 Å². The maximum absolute atomic E-state index is 10.7. The smallest absolute Gasteiger partial charge is 0.270 e. The Hall–Kier alpha value is -0.980. The summed E-state index contributed by atoms with van der Waals surface area (Å²) >= 11 is 3.35. The Kier molecular flexibility index (Phi) is 5.72. The number of nitrogens with two attached hydrogens (primary N) is 1. The third kappa shape index (κ3) is 4.76. The van der Waals surface area contributed by atoms with Crippen molar-refractivity contribution in [3.63, 3.8) is 0 Å². The molecule has 2 rings (SSSR count). The summed E-state index contributed by atoms with van der Waals surface area (Å²) in [6, 6.07) is 4.72. The van der Waals surface area contributed by atoms with E-state index in [2.05, 4.69) is 15.9 Å². The molecule has 0 amide bonds. The van der Waals surface area contributed by atoms with Crippen molar-refractivity contribution in [3.8, 4) is 0 Å². The van der Waals surface area contributed by atoms with Gasteiger partial charge < -0.3 is 10.5 Å². The number of nitro benzene ring substituents is 1. The Labute approximate surface area is 133 Å². The quantitative estimate of drug-likeness (QED) is 0.492. The highest BCUT2D eigenvalue weighted by molar-refractivity contribution is 9.10. The van der Waals surface area contributed by atoms with E-state index < -0.39 is 4.92 Å². The Morgan fingerprint density at radius 2 is 1.95 bits per heavy atom. The molecule has 2 N–H and O–H groups in total. The molecule has 0 unspecified atom stereocenters. The highest BCUT2D eigenvalue weighted by Gasteiger charge is 2.26. The summed E-state index contributed by atoms with van der Waals surface area (Å²) in [6.07, 6.45) is 6.87. The molecule has 5 nitrogen and oxygen atoms in total. The first-order chi connectivity index (χ1) is 10.0. The first-order valence-corrected chi connectivity index (χ1v) is 8.09. The van der Waals surface area contributed by atoms with Crippen LogP contribution in [0.1, 0.15) is 44.1 Å². The highest BCUT2D eigenvalue weighted by Crippen LogP contribution is 2.27. The van der Waals surface area contributed by atoms with E-state index in [4.69, 9.17) is 10.5 Å². The number of non-ortho nitro benzene ring substituents is 1. The number of hydrogen-bond donors (Lipinski definition) is 1. The number of benzene rings is 1. The molecule has 0 radical (unpaired) electrons. The molecule has 1 fully saturated rings. The fourth-order valence-corrected chi connectivity index (χ4v) is 3.19. The SMILES string of the molecule is NC1(COCc2ccc([N+](=O)[O-])cc2Br)CCCCCC1. The van der Waals surface area contributed by atoms with Gasteiger partial charge in [0.1, 0.15) is 0 Å². The Morgan fingerprint density at radius 3 is 2.52 bits per heavy atom. The minimum absolute atomic E-state index is 0.0738. The van der Waals surface area contributed by atoms with Crippen LogP contribution in [-0.4, -0.2) is 17.1 Å². The fourth-order valence-electron chi connectivity index (χ4n) is 2.71. The van der Waals surface area contributed by atoms with Gasteiger partial charge in [-0.25, -0.2) is 0 Å². The van der Waals surface area contributed by atoms with Crippen LogP contribution in [0, 0.1) is 10.1 Å². The molecule has 1 aromatic rings. The molecule has 1 aromatic carbocycles. The molecule has 0 spiro atoms. The monoisotopic (exact) mass is 356 g/mol. The van der Waals surface area contributed by atoms with Crippen LogP contribution in [0.15, 0.2) is 22.7 Å². The molecule has 0 aliphatic heterocycles. The van der Waals surface area contributed by atoms with Crippen molar-refractivity contribution in [3.05, 3.63) is 38.3 Å². The fraction of sp³-hybridized carbons (Fsp3) is 0.600. The van der Waals surface area contributed by atoms with Crippen molar-refractivity contribution < 1.29 is 9.66 Å². The molecule has 116 valence electrons. The van der Waals surface area contributed by atoms with Crippen molar-refractivity contribution in [2.75, 3.05) is 6.61 Å². The van der Waals surface area contributed by atoms with Gasteiger partial charge in [0.15, 0.2) is 0 Å². The number of hydrogen-bond acceptors (Lipinski definition) is 4. The van der Waals surface area contributed by atoms with Crippen LogP contribution >= 0.6 is 15.9 Å². The summed E-state index contributed by atoms with van der Waals surface area (Å²) in [5.74, 6) is 0. The maximum atomic E-state index is 10.7. The second kappa shape index (κ2) is 7.33. The van der Waals surface area contributed by atoms with Crippen LogP contribution in [0.25, 0.3) is 0 Å². The molecular weight excluding hydrogens is 336 g/mol. The summed E-state index contributed by atoms with van der Waals surface area (Å²) in [7, 11) is 0. The topological polar surface area (TPSA) is 78.4 Å².